The molecule has 12 heavy (non-hydrogen) atoms. The molecule has 1 aromatic carbocycles. The van der Waals surface area contributed by atoms with Gasteiger partial charge in [0.15, 0.2) is 11.5 Å². The third kappa shape index (κ3) is 1.60. The molecule has 0 amide bonds. The zero-order valence-corrected chi connectivity index (χ0v) is 6.28. The fourth-order valence-corrected chi connectivity index (χ4v) is 0.817. The van der Waals surface area contributed by atoms with Crippen molar-refractivity contribution in [3.05, 3.63) is 17.7 Å². The van der Waals surface area contributed by atoms with Crippen molar-refractivity contribution in [2.24, 2.45) is 5.73 Å². The molecule has 0 aliphatic carbocycles. The van der Waals surface area contributed by atoms with Gasteiger partial charge in [-0.3, -0.25) is 0 Å². The van der Waals surface area contributed by atoms with Crippen molar-refractivity contribution in [3.8, 4) is 17.2 Å². The van der Waals surface area contributed by atoms with Crippen molar-refractivity contribution >= 4 is 0 Å². The lowest BCUT2D eigenvalue weighted by Gasteiger charge is -2.04. The Hall–Kier alpha value is -1.42. The van der Waals surface area contributed by atoms with E-state index in [1.165, 1.54) is 0 Å². The Balaban J connectivity index is 3.29. The molecule has 4 nitrogen and oxygen atoms in total. The first-order valence-corrected chi connectivity index (χ1v) is 3.34. The lowest BCUT2D eigenvalue weighted by Crippen LogP contribution is -2.02. The predicted octanol–water partition coefficient (Wildman–Crippen LogP) is 0.305. The Kier molecular flexibility index (Phi) is 1.70. The number of aromatic hydroxyl groups is 3. The van der Waals surface area contributed by atoms with Gasteiger partial charge in [-0.25, -0.2) is 0 Å². The maximum Gasteiger partial charge on any atom is 0.161 e. The Bertz CT molecular complexity index is 355. The topological polar surface area (TPSA) is 86.7 Å². The van der Waals surface area contributed by atoms with Crippen LogP contribution in [0.5, 0.6) is 17.2 Å². The van der Waals surface area contributed by atoms with Crippen molar-refractivity contribution < 1.29 is 18.1 Å². The van der Waals surface area contributed by atoms with E-state index in [-0.39, 0.29) is 12.1 Å². The van der Waals surface area contributed by atoms with Gasteiger partial charge in [0.25, 0.3) is 0 Å². The second-order valence-corrected chi connectivity index (χ2v) is 2.24. The van der Waals surface area contributed by atoms with Crippen LogP contribution in [0.2, 0.25) is 0 Å². The molecule has 0 aromatic heterocycles. The summed E-state index contributed by atoms with van der Waals surface area (Å²) in [6.45, 7) is -0.329. The van der Waals surface area contributed by atoms with Crippen LogP contribution < -0.4 is 5.73 Å². The Labute approximate surface area is 72.7 Å². The highest BCUT2D eigenvalue weighted by Crippen LogP contribution is 2.31. The third-order valence-corrected chi connectivity index (χ3v) is 1.39. The van der Waals surface area contributed by atoms with Gasteiger partial charge < -0.3 is 21.1 Å². The highest BCUT2D eigenvalue weighted by atomic mass is 16.3. The molecule has 0 atom stereocenters. The van der Waals surface area contributed by atoms with Gasteiger partial charge in [-0.15, -0.1) is 0 Å². The molecule has 1 aromatic rings. The molecule has 0 radical (unpaired) electrons. The van der Waals surface area contributed by atoms with Crippen molar-refractivity contribution in [2.75, 3.05) is 6.54 Å². The standard InChI is InChI=1S/C8H11NO3/c9-2-1-5-3-7(11)8(12)4-6(5)10/h3-4,10-12H,1-2,9H2/i1T2. The number of benzene rings is 1. The van der Waals surface area contributed by atoms with Crippen LogP contribution in [-0.2, 0) is 6.37 Å². The van der Waals surface area contributed by atoms with Crippen LogP contribution in [0.1, 0.15) is 8.30 Å². The van der Waals surface area contributed by atoms with E-state index < -0.39 is 23.6 Å². The molecule has 4 heteroatoms. The molecule has 0 saturated carbocycles. The average Bonchev–Trinajstić information content (AvgIpc) is 2.11. The summed E-state index contributed by atoms with van der Waals surface area (Å²) in [6, 6.07) is 1.83. The van der Waals surface area contributed by atoms with E-state index in [9.17, 15) is 5.11 Å². The van der Waals surface area contributed by atoms with Gasteiger partial charge in [-0.05, 0) is 24.5 Å². The van der Waals surface area contributed by atoms with Crippen LogP contribution >= 0.6 is 0 Å². The van der Waals surface area contributed by atoms with Crippen LogP contribution in [0.3, 0.4) is 0 Å². The molecule has 0 bridgehead atoms. The quantitative estimate of drug-likeness (QED) is 0.383. The van der Waals surface area contributed by atoms with E-state index in [0.717, 1.165) is 12.1 Å². The molecule has 1 rings (SSSR count). The molecule has 0 fully saturated rings. The SMILES string of the molecule is [3H]C([3H])(CN)c1cc(O)c(O)cc1O. The smallest absolute Gasteiger partial charge is 0.161 e. The fourth-order valence-electron chi connectivity index (χ4n) is 0.817. The second kappa shape index (κ2) is 3.32. The summed E-state index contributed by atoms with van der Waals surface area (Å²) in [6.07, 6.45) is -1.94. The van der Waals surface area contributed by atoms with E-state index in [2.05, 4.69) is 0 Å². The summed E-state index contributed by atoms with van der Waals surface area (Å²) in [7, 11) is 0. The molecular weight excluding hydrogens is 158 g/mol. The Morgan fingerprint density at radius 2 is 1.75 bits per heavy atom. The van der Waals surface area contributed by atoms with E-state index in [1.807, 2.05) is 0 Å². The van der Waals surface area contributed by atoms with Crippen molar-refractivity contribution in [1.29, 1.82) is 0 Å². The molecule has 0 spiro atoms. The number of nitrogens with two attached hydrogens (primary N) is 1. The van der Waals surface area contributed by atoms with Crippen LogP contribution in [-0.4, -0.2) is 21.9 Å². The minimum atomic E-state index is -1.94. The molecule has 66 valence electrons. The lowest BCUT2D eigenvalue weighted by atomic mass is 10.1. The van der Waals surface area contributed by atoms with E-state index in [1.54, 1.807) is 0 Å². The average molecular weight is 173 g/mol. The summed E-state index contributed by atoms with van der Waals surface area (Å²) in [4.78, 5) is 0. The Morgan fingerprint density at radius 3 is 2.33 bits per heavy atom. The number of hydrogen-bond acceptors (Lipinski definition) is 4. The predicted molar refractivity (Wildman–Crippen MR) is 44.2 cm³/mol. The molecule has 0 aliphatic heterocycles. The summed E-state index contributed by atoms with van der Waals surface area (Å²) in [5, 5.41) is 27.4. The van der Waals surface area contributed by atoms with E-state index in [0.29, 0.717) is 0 Å². The van der Waals surface area contributed by atoms with Crippen LogP contribution in [0.25, 0.3) is 0 Å². The monoisotopic (exact) mass is 173 g/mol. The van der Waals surface area contributed by atoms with Crippen molar-refractivity contribution in [3.63, 3.8) is 0 Å². The van der Waals surface area contributed by atoms with E-state index >= 15 is 0 Å². The van der Waals surface area contributed by atoms with Crippen molar-refractivity contribution in [2.45, 2.75) is 6.37 Å². The largest absolute Gasteiger partial charge is 0.508 e. The fraction of sp³-hybridized carbons (Fsp3) is 0.250. The highest BCUT2D eigenvalue weighted by Gasteiger charge is 2.06. The number of hydrogen-bond donors (Lipinski definition) is 4. The first-order valence-electron chi connectivity index (χ1n) is 4.34. The first kappa shape index (κ1) is 6.14. The minimum absolute atomic E-state index is 0.143. The third-order valence-electron chi connectivity index (χ3n) is 1.39. The lowest BCUT2D eigenvalue weighted by molar-refractivity contribution is 0.394. The number of phenols is 3. The summed E-state index contributed by atoms with van der Waals surface area (Å²) < 4.78 is 14.8. The Morgan fingerprint density at radius 1 is 1.17 bits per heavy atom. The second-order valence-electron chi connectivity index (χ2n) is 2.24. The molecule has 0 heterocycles. The zero-order valence-electron chi connectivity index (χ0n) is 8.28. The molecule has 0 aliphatic rings. The van der Waals surface area contributed by atoms with Crippen LogP contribution in [0.15, 0.2) is 12.1 Å². The van der Waals surface area contributed by atoms with Gasteiger partial charge in [0.05, 0.1) is 0 Å². The summed E-state index contributed by atoms with van der Waals surface area (Å²) >= 11 is 0. The normalized spacial score (nSPS) is 13.8. The van der Waals surface area contributed by atoms with Gasteiger partial charge in [0.2, 0.25) is 0 Å². The molecule has 0 saturated heterocycles. The van der Waals surface area contributed by atoms with Crippen LogP contribution in [0.4, 0.5) is 0 Å². The van der Waals surface area contributed by atoms with Gasteiger partial charge in [0.1, 0.15) is 5.75 Å². The maximum atomic E-state index is 9.32. The number of rotatable bonds is 2. The van der Waals surface area contributed by atoms with Gasteiger partial charge >= 0.3 is 0 Å². The van der Waals surface area contributed by atoms with Crippen molar-refractivity contribution in [1.82, 2.24) is 0 Å². The summed E-state index contributed by atoms with van der Waals surface area (Å²) in [5.74, 6) is -1.43. The molecule has 5 N–H and O–H groups in total. The van der Waals surface area contributed by atoms with Gasteiger partial charge in [-0.1, -0.05) is 0 Å². The van der Waals surface area contributed by atoms with Gasteiger partial charge in [-0.2, -0.15) is 0 Å². The van der Waals surface area contributed by atoms with Gasteiger partial charge in [0, 0.05) is 8.81 Å². The maximum absolute atomic E-state index is 9.32. The molecule has 0 unspecified atom stereocenters. The number of phenolic OH excluding ortho intramolecular Hbond substituents is 3. The highest BCUT2D eigenvalue weighted by molar-refractivity contribution is 5.48. The minimum Gasteiger partial charge on any atom is -0.508 e. The summed E-state index contributed by atoms with van der Waals surface area (Å²) in [5.41, 5.74) is 5.02. The van der Waals surface area contributed by atoms with E-state index in [4.69, 9.17) is 18.7 Å². The molecular formula is C8H11NO3. The zero-order chi connectivity index (χ0) is 10.9. The first-order chi connectivity index (χ1) is 6.38. The van der Waals surface area contributed by atoms with Crippen LogP contribution in [0, 0.1) is 0 Å².